The molecule has 0 aliphatic heterocycles. The topological polar surface area (TPSA) is 31.4 Å². The van der Waals surface area contributed by atoms with Crippen molar-refractivity contribution in [2.24, 2.45) is 0 Å². The fraction of sp³-hybridized carbons (Fsp3) is 0.267. The van der Waals surface area contributed by atoms with E-state index in [-0.39, 0.29) is 0 Å². The van der Waals surface area contributed by atoms with Gasteiger partial charge in [0.05, 0.1) is 18.9 Å². The number of nitrogens with zero attached hydrogens (tertiary/aromatic N) is 1. The smallest absolute Gasteiger partial charge is 0.161 e. The fourth-order valence-corrected chi connectivity index (χ4v) is 1.93. The summed E-state index contributed by atoms with van der Waals surface area (Å²) in [6.07, 6.45) is 1.69. The van der Waals surface area contributed by atoms with Gasteiger partial charge >= 0.3 is 0 Å². The molecule has 1 aromatic heterocycles. The average molecular weight is 278 g/mol. The highest BCUT2D eigenvalue weighted by molar-refractivity contribution is 6.30. The van der Waals surface area contributed by atoms with Crippen LogP contribution in [0.3, 0.4) is 0 Å². The molecule has 4 heteroatoms. The minimum atomic E-state index is 0.590. The van der Waals surface area contributed by atoms with E-state index in [1.54, 1.807) is 12.3 Å². The normalized spacial score (nSPS) is 10.3. The summed E-state index contributed by atoms with van der Waals surface area (Å²) < 4.78 is 11.1. The lowest BCUT2D eigenvalue weighted by atomic mass is 10.1. The van der Waals surface area contributed by atoms with Crippen molar-refractivity contribution in [3.8, 4) is 22.8 Å². The molecule has 0 aliphatic rings. The van der Waals surface area contributed by atoms with Crippen LogP contribution >= 0.6 is 11.6 Å². The van der Waals surface area contributed by atoms with Gasteiger partial charge in [0.25, 0.3) is 0 Å². The number of pyridine rings is 1. The van der Waals surface area contributed by atoms with E-state index >= 15 is 0 Å². The zero-order chi connectivity index (χ0) is 13.7. The maximum absolute atomic E-state index is 5.98. The molecule has 3 nitrogen and oxygen atoms in total. The Kier molecular flexibility index (Phi) is 4.63. The number of ether oxygens (including phenoxy) is 2. The minimum Gasteiger partial charge on any atom is -0.490 e. The molecule has 0 amide bonds. The standard InChI is InChI=1S/C15H16ClNO2/c1-3-18-14-6-5-11(9-15(14)19-4-2)13-10-12(16)7-8-17-13/h5-10H,3-4H2,1-2H3. The maximum atomic E-state index is 5.98. The summed E-state index contributed by atoms with van der Waals surface area (Å²) in [7, 11) is 0. The van der Waals surface area contributed by atoms with Crippen molar-refractivity contribution in [1.82, 2.24) is 4.98 Å². The Labute approximate surface area is 118 Å². The number of hydrogen-bond acceptors (Lipinski definition) is 3. The van der Waals surface area contributed by atoms with Gasteiger partial charge in [-0.25, -0.2) is 0 Å². The van der Waals surface area contributed by atoms with Crippen molar-refractivity contribution >= 4 is 11.6 Å². The lowest BCUT2D eigenvalue weighted by Gasteiger charge is -2.12. The summed E-state index contributed by atoms with van der Waals surface area (Å²) >= 11 is 5.98. The monoisotopic (exact) mass is 277 g/mol. The molecule has 1 heterocycles. The number of benzene rings is 1. The van der Waals surface area contributed by atoms with Gasteiger partial charge in [0.15, 0.2) is 11.5 Å². The first kappa shape index (κ1) is 13.7. The summed E-state index contributed by atoms with van der Waals surface area (Å²) in [6, 6.07) is 9.35. The van der Waals surface area contributed by atoms with Crippen LogP contribution in [0, 0.1) is 0 Å². The molecule has 0 atom stereocenters. The van der Waals surface area contributed by atoms with Gasteiger partial charge < -0.3 is 9.47 Å². The van der Waals surface area contributed by atoms with Crippen LogP contribution in [-0.4, -0.2) is 18.2 Å². The Hall–Kier alpha value is -1.74. The third kappa shape index (κ3) is 3.38. The lowest BCUT2D eigenvalue weighted by Crippen LogP contribution is -1.98. The van der Waals surface area contributed by atoms with Gasteiger partial charge in [0.2, 0.25) is 0 Å². The SMILES string of the molecule is CCOc1ccc(-c2cc(Cl)ccn2)cc1OCC. The summed E-state index contributed by atoms with van der Waals surface area (Å²) in [5.74, 6) is 1.47. The molecule has 0 radical (unpaired) electrons. The summed E-state index contributed by atoms with van der Waals surface area (Å²) in [4.78, 5) is 4.31. The Morgan fingerprint density at radius 1 is 1.00 bits per heavy atom. The molecule has 0 unspecified atom stereocenters. The largest absolute Gasteiger partial charge is 0.490 e. The molecule has 100 valence electrons. The zero-order valence-electron chi connectivity index (χ0n) is 11.0. The van der Waals surface area contributed by atoms with E-state index in [0.717, 1.165) is 22.8 Å². The Morgan fingerprint density at radius 2 is 1.74 bits per heavy atom. The fourth-order valence-electron chi connectivity index (χ4n) is 1.77. The predicted octanol–water partition coefficient (Wildman–Crippen LogP) is 4.20. The Morgan fingerprint density at radius 3 is 2.42 bits per heavy atom. The van der Waals surface area contributed by atoms with E-state index in [9.17, 15) is 0 Å². The summed E-state index contributed by atoms with van der Waals surface area (Å²) in [5, 5.41) is 0.664. The number of halogens is 1. The van der Waals surface area contributed by atoms with Crippen molar-refractivity contribution in [1.29, 1.82) is 0 Å². The molecular weight excluding hydrogens is 262 g/mol. The third-order valence-corrected chi connectivity index (χ3v) is 2.80. The molecule has 0 spiro atoms. The van der Waals surface area contributed by atoms with Gasteiger partial charge in [0, 0.05) is 16.8 Å². The van der Waals surface area contributed by atoms with Crippen molar-refractivity contribution < 1.29 is 9.47 Å². The van der Waals surface area contributed by atoms with Crippen LogP contribution in [0.5, 0.6) is 11.5 Å². The van der Waals surface area contributed by atoms with Gasteiger partial charge in [-0.3, -0.25) is 4.98 Å². The number of hydrogen-bond donors (Lipinski definition) is 0. The Bertz CT molecular complexity index is 558. The van der Waals surface area contributed by atoms with Crippen molar-refractivity contribution in [2.45, 2.75) is 13.8 Å². The molecule has 0 saturated carbocycles. The molecule has 0 saturated heterocycles. The van der Waals surface area contributed by atoms with Crippen LogP contribution in [0.2, 0.25) is 5.02 Å². The van der Waals surface area contributed by atoms with E-state index in [4.69, 9.17) is 21.1 Å². The predicted molar refractivity (Wildman–Crippen MR) is 77.0 cm³/mol. The second-order valence-electron chi connectivity index (χ2n) is 3.89. The van der Waals surface area contributed by atoms with E-state index in [0.29, 0.717) is 18.2 Å². The molecule has 0 bridgehead atoms. The van der Waals surface area contributed by atoms with Gasteiger partial charge in [-0.15, -0.1) is 0 Å². The highest BCUT2D eigenvalue weighted by atomic mass is 35.5. The van der Waals surface area contributed by atoms with Crippen LogP contribution in [0.25, 0.3) is 11.3 Å². The van der Waals surface area contributed by atoms with Gasteiger partial charge in [-0.1, -0.05) is 11.6 Å². The van der Waals surface area contributed by atoms with E-state index in [1.807, 2.05) is 38.1 Å². The second kappa shape index (κ2) is 6.43. The summed E-state index contributed by atoms with van der Waals surface area (Å²) in [5.41, 5.74) is 1.77. The lowest BCUT2D eigenvalue weighted by molar-refractivity contribution is 0.288. The zero-order valence-corrected chi connectivity index (χ0v) is 11.8. The number of rotatable bonds is 5. The second-order valence-corrected chi connectivity index (χ2v) is 4.32. The highest BCUT2D eigenvalue weighted by Gasteiger charge is 2.08. The third-order valence-electron chi connectivity index (χ3n) is 2.56. The molecule has 2 aromatic rings. The first-order chi connectivity index (χ1) is 9.24. The van der Waals surface area contributed by atoms with Gasteiger partial charge in [-0.05, 0) is 44.2 Å². The van der Waals surface area contributed by atoms with Crippen LogP contribution in [0.1, 0.15) is 13.8 Å². The molecule has 0 fully saturated rings. The van der Waals surface area contributed by atoms with E-state index < -0.39 is 0 Å². The molecule has 0 N–H and O–H groups in total. The quantitative estimate of drug-likeness (QED) is 0.821. The van der Waals surface area contributed by atoms with Gasteiger partial charge in [0.1, 0.15) is 0 Å². The molecule has 1 aromatic carbocycles. The Balaban J connectivity index is 2.39. The van der Waals surface area contributed by atoms with Crippen LogP contribution in [-0.2, 0) is 0 Å². The van der Waals surface area contributed by atoms with Crippen LogP contribution in [0.4, 0.5) is 0 Å². The molecule has 0 aliphatic carbocycles. The van der Waals surface area contributed by atoms with E-state index in [1.165, 1.54) is 0 Å². The minimum absolute atomic E-state index is 0.590. The van der Waals surface area contributed by atoms with Crippen LogP contribution < -0.4 is 9.47 Å². The van der Waals surface area contributed by atoms with Gasteiger partial charge in [-0.2, -0.15) is 0 Å². The molecular formula is C15H16ClNO2. The highest BCUT2D eigenvalue weighted by Crippen LogP contribution is 2.32. The van der Waals surface area contributed by atoms with Crippen molar-refractivity contribution in [3.63, 3.8) is 0 Å². The maximum Gasteiger partial charge on any atom is 0.161 e. The van der Waals surface area contributed by atoms with Crippen molar-refractivity contribution in [2.75, 3.05) is 13.2 Å². The first-order valence-electron chi connectivity index (χ1n) is 6.26. The van der Waals surface area contributed by atoms with E-state index in [2.05, 4.69) is 4.98 Å². The van der Waals surface area contributed by atoms with Crippen molar-refractivity contribution in [3.05, 3.63) is 41.6 Å². The molecule has 2 rings (SSSR count). The first-order valence-corrected chi connectivity index (χ1v) is 6.64. The van der Waals surface area contributed by atoms with Crippen LogP contribution in [0.15, 0.2) is 36.5 Å². The summed E-state index contributed by atoms with van der Waals surface area (Å²) in [6.45, 7) is 5.09. The average Bonchev–Trinajstić information content (AvgIpc) is 2.41. The molecule has 19 heavy (non-hydrogen) atoms. The number of aromatic nitrogens is 1.